The van der Waals surface area contributed by atoms with Crippen molar-refractivity contribution in [3.8, 4) is 11.8 Å². The molecule has 2 aromatic heterocycles. The van der Waals surface area contributed by atoms with E-state index in [-0.39, 0.29) is 21.3 Å². The summed E-state index contributed by atoms with van der Waals surface area (Å²) in [5.41, 5.74) is 7.17. The van der Waals surface area contributed by atoms with Crippen LogP contribution in [0.25, 0.3) is 15.9 Å². The van der Waals surface area contributed by atoms with Crippen molar-refractivity contribution in [3.63, 3.8) is 0 Å². The van der Waals surface area contributed by atoms with E-state index in [1.165, 1.54) is 17.9 Å². The molecule has 0 bridgehead atoms. The average molecular weight is 404 g/mol. The lowest BCUT2D eigenvalue weighted by atomic mass is 10.2. The molecule has 1 aromatic carbocycles. The Bertz CT molecular complexity index is 1200. The van der Waals surface area contributed by atoms with Crippen molar-refractivity contribution in [2.75, 3.05) is 12.8 Å². The van der Waals surface area contributed by atoms with E-state index in [2.05, 4.69) is 4.98 Å². The van der Waals surface area contributed by atoms with Crippen LogP contribution in [-0.2, 0) is 14.6 Å². The fourth-order valence-corrected chi connectivity index (χ4v) is 5.15. The zero-order valence-electron chi connectivity index (χ0n) is 14.8. The van der Waals surface area contributed by atoms with E-state index in [0.717, 1.165) is 11.3 Å². The van der Waals surface area contributed by atoms with Gasteiger partial charge in [0.1, 0.15) is 6.07 Å². The first-order chi connectivity index (χ1) is 12.7. The molecule has 0 amide bonds. The Labute approximate surface area is 159 Å². The van der Waals surface area contributed by atoms with Crippen molar-refractivity contribution in [3.05, 3.63) is 35.7 Å². The van der Waals surface area contributed by atoms with Crippen molar-refractivity contribution < 1.29 is 17.9 Å². The molecule has 0 saturated heterocycles. The molecule has 2 N–H and O–H groups in total. The number of nitrogens with zero attached hydrogens (tertiary/aromatic N) is 3. The highest BCUT2D eigenvalue weighted by molar-refractivity contribution is 7.94. The zero-order valence-corrected chi connectivity index (χ0v) is 16.4. The molecule has 0 aliphatic rings. The summed E-state index contributed by atoms with van der Waals surface area (Å²) >= 11 is 1.05. The molecule has 2 heterocycles. The van der Waals surface area contributed by atoms with E-state index in [0.29, 0.717) is 15.9 Å². The normalized spacial score (nSPS) is 11.7. The number of carbonyl (C=O) groups is 1. The molecule has 0 unspecified atom stereocenters. The molecule has 0 aliphatic carbocycles. The number of benzene rings is 1. The second-order valence-corrected chi connectivity index (χ2v) is 9.71. The molecular formula is C17H16N4O4S2. The van der Waals surface area contributed by atoms with Gasteiger partial charge >= 0.3 is 5.97 Å². The largest absolute Gasteiger partial charge is 0.464 e. The maximum absolute atomic E-state index is 12.4. The Kier molecular flexibility index (Phi) is 4.67. The van der Waals surface area contributed by atoms with Crippen LogP contribution >= 0.6 is 11.3 Å². The fraction of sp³-hybridized carbons (Fsp3) is 0.235. The zero-order chi connectivity index (χ0) is 19.9. The van der Waals surface area contributed by atoms with Crippen LogP contribution in [0.1, 0.15) is 29.9 Å². The summed E-state index contributed by atoms with van der Waals surface area (Å²) in [6.45, 7) is 3.20. The van der Waals surface area contributed by atoms with Gasteiger partial charge in [0.25, 0.3) is 0 Å². The van der Waals surface area contributed by atoms with Crippen LogP contribution in [0, 0.1) is 11.3 Å². The second kappa shape index (κ2) is 6.68. The smallest absolute Gasteiger partial charge is 0.357 e. The van der Waals surface area contributed by atoms with Crippen molar-refractivity contribution >= 4 is 43.0 Å². The molecule has 0 fully saturated rings. The van der Waals surface area contributed by atoms with Gasteiger partial charge < -0.3 is 15.0 Å². The van der Waals surface area contributed by atoms with Crippen LogP contribution in [0.15, 0.2) is 28.7 Å². The lowest BCUT2D eigenvalue weighted by molar-refractivity contribution is 0.0593. The molecule has 0 radical (unpaired) electrons. The second-order valence-electron chi connectivity index (χ2n) is 6.00. The highest BCUT2D eigenvalue weighted by atomic mass is 32.2. The number of sulfone groups is 1. The lowest BCUT2D eigenvalue weighted by Crippen LogP contribution is -2.13. The number of nitrogen functional groups attached to an aromatic ring is 1. The topological polar surface area (TPSA) is 128 Å². The molecule has 3 rings (SSSR count). The van der Waals surface area contributed by atoms with Crippen LogP contribution in [-0.4, -0.2) is 36.3 Å². The van der Waals surface area contributed by atoms with Gasteiger partial charge in [-0.25, -0.2) is 18.2 Å². The number of anilines is 1. The van der Waals surface area contributed by atoms with Gasteiger partial charge in [-0.3, -0.25) is 0 Å². The highest BCUT2D eigenvalue weighted by Gasteiger charge is 2.25. The Balaban J connectivity index is 2.20. The number of carbonyl (C=O) groups excluding carboxylic acids is 1. The van der Waals surface area contributed by atoms with Gasteiger partial charge in [-0.15, -0.1) is 11.3 Å². The van der Waals surface area contributed by atoms with Crippen LogP contribution in [0.3, 0.4) is 0 Å². The third kappa shape index (κ3) is 3.05. The number of rotatable bonds is 4. The lowest BCUT2D eigenvalue weighted by Gasteiger charge is -2.08. The quantitative estimate of drug-likeness (QED) is 0.662. The van der Waals surface area contributed by atoms with Crippen LogP contribution in [0.5, 0.6) is 0 Å². The van der Waals surface area contributed by atoms with E-state index >= 15 is 0 Å². The van der Waals surface area contributed by atoms with Gasteiger partial charge in [-0.1, -0.05) is 0 Å². The minimum Gasteiger partial charge on any atom is -0.464 e. The molecular weight excluding hydrogens is 388 g/mol. The van der Waals surface area contributed by atoms with Gasteiger partial charge in [0, 0.05) is 11.9 Å². The number of methoxy groups -OCH3 is 1. The summed E-state index contributed by atoms with van der Waals surface area (Å²) in [6.07, 6.45) is 1.44. The Hall–Kier alpha value is -2.90. The molecule has 0 atom stereocenters. The third-order valence-electron chi connectivity index (χ3n) is 4.04. The van der Waals surface area contributed by atoms with Gasteiger partial charge in [0.15, 0.2) is 5.69 Å². The molecule has 27 heavy (non-hydrogen) atoms. The van der Waals surface area contributed by atoms with E-state index in [1.54, 1.807) is 32.0 Å². The Morgan fingerprint density at radius 3 is 2.70 bits per heavy atom. The van der Waals surface area contributed by atoms with E-state index in [4.69, 9.17) is 10.5 Å². The Morgan fingerprint density at radius 1 is 1.41 bits per heavy atom. The summed E-state index contributed by atoms with van der Waals surface area (Å²) in [6, 6.07) is 6.95. The predicted octanol–water partition coefficient (Wildman–Crippen LogP) is 2.51. The summed E-state index contributed by atoms with van der Waals surface area (Å²) in [5, 5.41) is 8.63. The van der Waals surface area contributed by atoms with Gasteiger partial charge in [-0.05, 0) is 32.0 Å². The van der Waals surface area contributed by atoms with Gasteiger partial charge in [0.05, 0.1) is 33.8 Å². The van der Waals surface area contributed by atoms with Crippen molar-refractivity contribution in [1.29, 1.82) is 5.26 Å². The fourth-order valence-electron chi connectivity index (χ4n) is 2.48. The number of aromatic nitrogens is 2. The van der Waals surface area contributed by atoms with Crippen molar-refractivity contribution in [2.24, 2.45) is 0 Å². The Morgan fingerprint density at radius 2 is 2.11 bits per heavy atom. The molecule has 3 aromatic rings. The minimum absolute atomic E-state index is 0.0248. The number of fused-ring (bicyclic) bond motifs is 1. The number of thiazole rings is 1. The number of esters is 1. The maximum atomic E-state index is 12.4. The molecule has 10 heteroatoms. The first-order valence-corrected chi connectivity index (χ1v) is 10.2. The number of nitriles is 1. The van der Waals surface area contributed by atoms with Gasteiger partial charge in [0.2, 0.25) is 14.2 Å². The number of hydrogen-bond acceptors (Lipinski definition) is 8. The highest BCUT2D eigenvalue weighted by Crippen LogP contribution is 2.31. The number of nitrogens with two attached hydrogens (primary N) is 1. The minimum atomic E-state index is -3.48. The summed E-state index contributed by atoms with van der Waals surface area (Å²) < 4.78 is 31.6. The summed E-state index contributed by atoms with van der Waals surface area (Å²) in [5.74, 6) is -0.679. The van der Waals surface area contributed by atoms with Crippen LogP contribution < -0.4 is 5.73 Å². The van der Waals surface area contributed by atoms with Crippen molar-refractivity contribution in [1.82, 2.24) is 9.55 Å². The van der Waals surface area contributed by atoms with E-state index < -0.39 is 21.1 Å². The monoisotopic (exact) mass is 404 g/mol. The number of hydrogen-bond donors (Lipinski definition) is 1. The SMILES string of the molecule is COC(=O)c1c(N)c(C#N)cn1-c1ccc2nc(S(=O)(=O)C(C)C)sc2c1. The average Bonchev–Trinajstić information content (AvgIpc) is 3.21. The molecule has 8 nitrogen and oxygen atoms in total. The molecule has 0 saturated carbocycles. The summed E-state index contributed by atoms with van der Waals surface area (Å²) in [7, 11) is -2.26. The standard InChI is InChI=1S/C17H16N4O4S2/c1-9(2)27(23,24)17-20-12-5-4-11(6-13(12)26-17)21-8-10(7-18)14(19)15(21)16(22)25-3/h4-6,8-9H,19H2,1-3H3. The van der Waals surface area contributed by atoms with Crippen LogP contribution in [0.4, 0.5) is 5.69 Å². The first kappa shape index (κ1) is 18.9. The van der Waals surface area contributed by atoms with Gasteiger partial charge in [-0.2, -0.15) is 5.26 Å². The predicted molar refractivity (Wildman–Crippen MR) is 102 cm³/mol. The molecule has 140 valence electrons. The molecule has 0 aliphatic heterocycles. The van der Waals surface area contributed by atoms with Crippen LogP contribution in [0.2, 0.25) is 0 Å². The van der Waals surface area contributed by atoms with E-state index in [9.17, 15) is 18.5 Å². The molecule has 0 spiro atoms. The maximum Gasteiger partial charge on any atom is 0.357 e. The third-order valence-corrected chi connectivity index (χ3v) is 7.62. The first-order valence-electron chi connectivity index (χ1n) is 7.84. The number of ether oxygens (including phenoxy) is 1. The van der Waals surface area contributed by atoms with Crippen molar-refractivity contribution in [2.45, 2.75) is 23.4 Å². The van der Waals surface area contributed by atoms with E-state index in [1.807, 2.05) is 6.07 Å². The summed E-state index contributed by atoms with van der Waals surface area (Å²) in [4.78, 5) is 16.3.